The van der Waals surface area contributed by atoms with Gasteiger partial charge in [0, 0.05) is 24.6 Å². The third-order valence-corrected chi connectivity index (χ3v) is 2.85. The van der Waals surface area contributed by atoms with Crippen molar-refractivity contribution in [1.29, 1.82) is 0 Å². The minimum absolute atomic E-state index is 0.327. The third-order valence-electron chi connectivity index (χ3n) is 2.85. The van der Waals surface area contributed by atoms with Crippen molar-refractivity contribution >= 4 is 17.3 Å². The molecule has 0 atom stereocenters. The molecule has 4 nitrogen and oxygen atoms in total. The number of benzene rings is 1. The number of nitrogens with zero attached hydrogens (tertiary/aromatic N) is 1. The van der Waals surface area contributed by atoms with Crippen LogP contribution in [0.5, 0.6) is 0 Å². The van der Waals surface area contributed by atoms with E-state index in [2.05, 4.69) is 15.6 Å². The van der Waals surface area contributed by atoms with Crippen molar-refractivity contribution in [3.05, 3.63) is 53.1 Å². The van der Waals surface area contributed by atoms with Crippen LogP contribution >= 0.6 is 0 Å². The van der Waals surface area contributed by atoms with Crippen molar-refractivity contribution < 1.29 is 9.18 Å². The lowest BCUT2D eigenvalue weighted by molar-refractivity contribution is 0.102. The molecule has 0 aliphatic heterocycles. The molecule has 0 aliphatic rings. The highest BCUT2D eigenvalue weighted by molar-refractivity contribution is 6.07. The molecule has 0 saturated carbocycles. The Kier molecular flexibility index (Phi) is 3.98. The summed E-state index contributed by atoms with van der Waals surface area (Å²) < 4.78 is 13.3. The number of pyridine rings is 1. The summed E-state index contributed by atoms with van der Waals surface area (Å²) in [6, 6.07) is 6.18. The zero-order valence-corrected chi connectivity index (χ0v) is 11.6. The second kappa shape index (κ2) is 5.69. The van der Waals surface area contributed by atoms with Gasteiger partial charge in [-0.05, 0) is 43.7 Å². The normalized spacial score (nSPS) is 10.2. The highest BCUT2D eigenvalue weighted by Gasteiger charge is 2.12. The van der Waals surface area contributed by atoms with E-state index in [-0.39, 0.29) is 11.7 Å². The van der Waals surface area contributed by atoms with Gasteiger partial charge in [-0.2, -0.15) is 0 Å². The fourth-order valence-electron chi connectivity index (χ4n) is 1.95. The number of carbonyl (C=O) groups excluding carboxylic acids is 1. The fourth-order valence-corrected chi connectivity index (χ4v) is 1.95. The molecule has 1 aromatic heterocycles. The fraction of sp³-hybridized carbons (Fsp3) is 0.200. The van der Waals surface area contributed by atoms with Gasteiger partial charge in [0.05, 0.1) is 11.3 Å². The lowest BCUT2D eigenvalue weighted by atomic mass is 10.1. The van der Waals surface area contributed by atoms with E-state index in [9.17, 15) is 9.18 Å². The number of halogens is 1. The van der Waals surface area contributed by atoms with Crippen LogP contribution in [-0.2, 0) is 0 Å². The van der Waals surface area contributed by atoms with Crippen molar-refractivity contribution in [3.63, 3.8) is 0 Å². The highest BCUT2D eigenvalue weighted by atomic mass is 19.1. The summed E-state index contributed by atoms with van der Waals surface area (Å²) >= 11 is 0. The van der Waals surface area contributed by atoms with Crippen LogP contribution < -0.4 is 10.6 Å². The standard InChI is InChI=1S/C15H16FN3O/c1-9-4-11(16)7-12(5-9)19-15(20)13-8-18-10(2)6-14(13)17-3/h4-8H,1-3H3,(H,17,18)(H,19,20). The first-order chi connectivity index (χ1) is 9.49. The Balaban J connectivity index is 2.28. The summed E-state index contributed by atoms with van der Waals surface area (Å²) in [7, 11) is 1.73. The average Bonchev–Trinajstić information content (AvgIpc) is 2.37. The summed E-state index contributed by atoms with van der Waals surface area (Å²) in [5.41, 5.74) is 3.09. The lowest BCUT2D eigenvalue weighted by Crippen LogP contribution is -2.15. The summed E-state index contributed by atoms with van der Waals surface area (Å²) in [5, 5.41) is 5.63. The maximum absolute atomic E-state index is 13.3. The van der Waals surface area contributed by atoms with E-state index in [1.54, 1.807) is 26.1 Å². The number of amides is 1. The summed E-state index contributed by atoms with van der Waals surface area (Å²) in [5.74, 6) is -0.706. The van der Waals surface area contributed by atoms with E-state index >= 15 is 0 Å². The molecule has 0 aliphatic carbocycles. The Labute approximate surface area is 117 Å². The molecular formula is C15H16FN3O. The van der Waals surface area contributed by atoms with Crippen LogP contribution in [0.2, 0.25) is 0 Å². The van der Waals surface area contributed by atoms with Gasteiger partial charge in [0.25, 0.3) is 5.91 Å². The molecular weight excluding hydrogens is 257 g/mol. The molecule has 0 radical (unpaired) electrons. The van der Waals surface area contributed by atoms with E-state index in [1.807, 2.05) is 6.92 Å². The maximum atomic E-state index is 13.3. The van der Waals surface area contributed by atoms with E-state index in [1.165, 1.54) is 18.3 Å². The first-order valence-corrected chi connectivity index (χ1v) is 6.22. The van der Waals surface area contributed by atoms with Gasteiger partial charge in [-0.1, -0.05) is 0 Å². The summed E-state index contributed by atoms with van der Waals surface area (Å²) in [6.07, 6.45) is 1.50. The van der Waals surface area contributed by atoms with Crippen molar-refractivity contribution in [2.45, 2.75) is 13.8 Å². The Morgan fingerprint density at radius 2 is 1.95 bits per heavy atom. The predicted octanol–water partition coefficient (Wildman–Crippen LogP) is 3.13. The maximum Gasteiger partial charge on any atom is 0.259 e. The van der Waals surface area contributed by atoms with Crippen LogP contribution in [0.3, 0.4) is 0 Å². The van der Waals surface area contributed by atoms with Crippen LogP contribution in [0.1, 0.15) is 21.6 Å². The molecule has 20 heavy (non-hydrogen) atoms. The van der Waals surface area contributed by atoms with Crippen molar-refractivity contribution in [2.24, 2.45) is 0 Å². The van der Waals surface area contributed by atoms with Gasteiger partial charge in [0.2, 0.25) is 0 Å². The Bertz CT molecular complexity index is 635. The Morgan fingerprint density at radius 1 is 1.20 bits per heavy atom. The van der Waals surface area contributed by atoms with Crippen molar-refractivity contribution in [2.75, 3.05) is 17.7 Å². The average molecular weight is 273 g/mol. The van der Waals surface area contributed by atoms with Gasteiger partial charge in [-0.15, -0.1) is 0 Å². The van der Waals surface area contributed by atoms with Gasteiger partial charge < -0.3 is 10.6 Å². The SMILES string of the molecule is CNc1cc(C)ncc1C(=O)Nc1cc(C)cc(F)c1. The second-order valence-electron chi connectivity index (χ2n) is 4.59. The molecule has 1 amide bonds. The molecule has 0 fully saturated rings. The van der Waals surface area contributed by atoms with Gasteiger partial charge in [0.15, 0.2) is 0 Å². The minimum atomic E-state index is -0.379. The molecule has 2 rings (SSSR count). The molecule has 5 heteroatoms. The summed E-state index contributed by atoms with van der Waals surface area (Å²) in [6.45, 7) is 3.61. The molecule has 2 N–H and O–H groups in total. The number of hydrogen-bond donors (Lipinski definition) is 2. The predicted molar refractivity (Wildman–Crippen MR) is 77.6 cm³/mol. The zero-order chi connectivity index (χ0) is 14.7. The molecule has 2 aromatic rings. The molecule has 0 unspecified atom stereocenters. The van der Waals surface area contributed by atoms with Gasteiger partial charge in [0.1, 0.15) is 5.82 Å². The number of hydrogen-bond acceptors (Lipinski definition) is 3. The van der Waals surface area contributed by atoms with Crippen molar-refractivity contribution in [3.8, 4) is 0 Å². The third kappa shape index (κ3) is 3.12. The minimum Gasteiger partial charge on any atom is -0.387 e. The highest BCUT2D eigenvalue weighted by Crippen LogP contribution is 2.18. The second-order valence-corrected chi connectivity index (χ2v) is 4.59. The summed E-state index contributed by atoms with van der Waals surface area (Å²) in [4.78, 5) is 16.3. The number of rotatable bonds is 3. The Morgan fingerprint density at radius 3 is 2.60 bits per heavy atom. The van der Waals surface area contributed by atoms with E-state index < -0.39 is 0 Å². The van der Waals surface area contributed by atoms with E-state index in [4.69, 9.17) is 0 Å². The molecule has 1 aromatic carbocycles. The van der Waals surface area contributed by atoms with Crippen molar-refractivity contribution in [1.82, 2.24) is 4.98 Å². The molecule has 104 valence electrons. The first kappa shape index (κ1) is 14.0. The topological polar surface area (TPSA) is 54.0 Å². The number of anilines is 2. The molecule has 1 heterocycles. The smallest absolute Gasteiger partial charge is 0.259 e. The largest absolute Gasteiger partial charge is 0.387 e. The van der Waals surface area contributed by atoms with Crippen LogP contribution in [-0.4, -0.2) is 17.9 Å². The molecule has 0 saturated heterocycles. The van der Waals surface area contributed by atoms with Gasteiger partial charge in [-0.3, -0.25) is 9.78 Å². The number of nitrogens with one attached hydrogen (secondary N) is 2. The number of aryl methyl sites for hydroxylation is 2. The van der Waals surface area contributed by atoms with Gasteiger partial charge >= 0.3 is 0 Å². The Hall–Kier alpha value is -2.43. The quantitative estimate of drug-likeness (QED) is 0.903. The van der Waals surface area contributed by atoms with Crippen LogP contribution in [0.15, 0.2) is 30.5 Å². The number of aromatic nitrogens is 1. The lowest BCUT2D eigenvalue weighted by Gasteiger charge is -2.10. The molecule has 0 bridgehead atoms. The van der Waals surface area contributed by atoms with E-state index in [0.717, 1.165) is 11.3 Å². The number of carbonyl (C=O) groups is 1. The van der Waals surface area contributed by atoms with Crippen LogP contribution in [0.25, 0.3) is 0 Å². The zero-order valence-electron chi connectivity index (χ0n) is 11.6. The molecule has 0 spiro atoms. The van der Waals surface area contributed by atoms with Crippen LogP contribution in [0.4, 0.5) is 15.8 Å². The van der Waals surface area contributed by atoms with Gasteiger partial charge in [-0.25, -0.2) is 4.39 Å². The van der Waals surface area contributed by atoms with Crippen LogP contribution in [0, 0.1) is 19.7 Å². The first-order valence-electron chi connectivity index (χ1n) is 6.22. The monoisotopic (exact) mass is 273 g/mol. The van der Waals surface area contributed by atoms with E-state index in [0.29, 0.717) is 16.9 Å².